The minimum absolute atomic E-state index is 0.0759. The van der Waals surface area contributed by atoms with Gasteiger partial charge in [-0.05, 0) is 109 Å². The third-order valence-electron chi connectivity index (χ3n) is 17.9. The maximum Gasteiger partial charge on any atom is 0.352 e. The predicted octanol–water partition coefficient (Wildman–Crippen LogP) is 6.11. The van der Waals surface area contributed by atoms with E-state index in [0.717, 1.165) is 99.9 Å². The molecule has 1 saturated heterocycles. The highest BCUT2D eigenvalue weighted by atomic mass is 16.8. The van der Waals surface area contributed by atoms with Crippen LogP contribution in [-0.4, -0.2) is 126 Å². The largest absolute Gasteiger partial charge is 0.469 e. The molecule has 6 aliphatic rings. The van der Waals surface area contributed by atoms with E-state index in [4.69, 9.17) is 52.1 Å². The lowest BCUT2D eigenvalue weighted by Gasteiger charge is -2.71. The Labute approximate surface area is 406 Å². The highest BCUT2D eigenvalue weighted by Gasteiger charge is 2.70. The Morgan fingerprint density at radius 1 is 0.710 bits per heavy atom. The fraction of sp³-hybridized carbons (Fsp3) is 0.824. The Morgan fingerprint density at radius 3 is 1.96 bits per heavy atom. The standard InChI is InChI=1S/C51H76O18/c1-27(52)64-36-37(68-43(63-26-35(55)59-11)40(42(57)61-13)66-29(3)54)39(65-28(2)53)44(69-38(36)41(56)60-12)67-34-18-19-48(8)32(47(34,6)7)17-20-50(10)33(48)16-15-30-31-25-46(4,5)21-23-51(31,45(58)62-14)24-22-49(30,50)9/h15,31-34,36-40,43-44H,16-26H2,1-14H3/t31-,32-,33+,34-,36-,37-,38-,39+,40?,43?,44+,48-,49+,50+,51-/m0/s1. The first-order valence-corrected chi connectivity index (χ1v) is 24.3. The van der Waals surface area contributed by atoms with E-state index in [2.05, 4.69) is 54.5 Å². The number of hydrogen-bond acceptors (Lipinski definition) is 18. The zero-order valence-corrected chi connectivity index (χ0v) is 43.1. The van der Waals surface area contributed by atoms with Gasteiger partial charge >= 0.3 is 41.8 Å². The van der Waals surface area contributed by atoms with Crippen LogP contribution in [0.2, 0.25) is 0 Å². The van der Waals surface area contributed by atoms with Crippen LogP contribution in [0, 0.1) is 50.2 Å². The molecule has 18 heteroatoms. The summed E-state index contributed by atoms with van der Waals surface area (Å²) in [6.45, 7) is 18.7. The first-order chi connectivity index (χ1) is 32.2. The van der Waals surface area contributed by atoms with Crippen molar-refractivity contribution in [3.05, 3.63) is 11.6 Å². The van der Waals surface area contributed by atoms with Crippen molar-refractivity contribution in [2.45, 2.75) is 183 Å². The third kappa shape index (κ3) is 9.81. The van der Waals surface area contributed by atoms with Gasteiger partial charge in [-0.25, -0.2) is 14.4 Å². The van der Waals surface area contributed by atoms with E-state index < -0.39 is 102 Å². The molecule has 18 nitrogen and oxygen atoms in total. The molecule has 0 spiro atoms. The zero-order chi connectivity index (χ0) is 51.2. The van der Waals surface area contributed by atoms with Crippen LogP contribution in [0.1, 0.15) is 133 Å². The number of hydrogen-bond donors (Lipinski definition) is 0. The van der Waals surface area contributed by atoms with Crippen LogP contribution in [0.5, 0.6) is 0 Å². The van der Waals surface area contributed by atoms with E-state index in [9.17, 15) is 33.6 Å². The third-order valence-corrected chi connectivity index (χ3v) is 17.9. The van der Waals surface area contributed by atoms with E-state index in [1.165, 1.54) is 12.7 Å². The molecule has 69 heavy (non-hydrogen) atoms. The Kier molecular flexibility index (Phi) is 15.8. The summed E-state index contributed by atoms with van der Waals surface area (Å²) < 4.78 is 62.4. The van der Waals surface area contributed by atoms with Gasteiger partial charge in [0.1, 0.15) is 12.7 Å². The lowest BCUT2D eigenvalue weighted by Crippen LogP contribution is -2.67. The van der Waals surface area contributed by atoms with E-state index in [-0.39, 0.29) is 39.5 Å². The average Bonchev–Trinajstić information content (AvgIpc) is 3.27. The van der Waals surface area contributed by atoms with E-state index >= 15 is 0 Å². The lowest BCUT2D eigenvalue weighted by molar-refractivity contribution is -0.347. The first-order valence-electron chi connectivity index (χ1n) is 24.3. The van der Waals surface area contributed by atoms with Crippen molar-refractivity contribution in [1.29, 1.82) is 0 Å². The summed E-state index contributed by atoms with van der Waals surface area (Å²) in [5, 5.41) is 0. The molecule has 0 radical (unpaired) electrons. The molecule has 5 aliphatic carbocycles. The molecule has 0 aromatic rings. The number of carbonyl (C=O) groups excluding carboxylic acids is 7. The number of ether oxygens (including phenoxy) is 11. The highest BCUT2D eigenvalue weighted by Crippen LogP contribution is 2.76. The SMILES string of the molecule is COC(=O)COC(O[C@@H]1[C@@H](OC(C)=O)[C@H](O[C@H]2CC[C@]3(C)[C@H]4CC=C5[C@@H]6CC(C)(C)CC[C@]6(C(=O)OC)CC[C@@]5(C)[C@]4(C)CC[C@H]3C2(C)C)O[C@H](C(=O)OC)[C@H]1OC(C)=O)C(OC(C)=O)C(=O)OC. The van der Waals surface area contributed by atoms with E-state index in [1.807, 2.05) is 0 Å². The summed E-state index contributed by atoms with van der Waals surface area (Å²) in [5.41, 5.74) is 0.0978. The maximum atomic E-state index is 13.8. The fourth-order valence-corrected chi connectivity index (χ4v) is 14.3. The number of carbonyl (C=O) groups is 7. The molecule has 6 rings (SSSR count). The first kappa shape index (κ1) is 54.2. The van der Waals surface area contributed by atoms with Gasteiger partial charge in [0.15, 0.2) is 24.6 Å². The lowest BCUT2D eigenvalue weighted by atomic mass is 9.33. The second-order valence-corrected chi connectivity index (χ2v) is 22.4. The monoisotopic (exact) mass is 977 g/mol. The molecule has 1 aliphatic heterocycles. The Bertz CT molecular complexity index is 2030. The smallest absolute Gasteiger partial charge is 0.352 e. The van der Waals surface area contributed by atoms with Crippen molar-refractivity contribution in [1.82, 2.24) is 0 Å². The van der Waals surface area contributed by atoms with E-state index in [1.54, 1.807) is 0 Å². The average molecular weight is 977 g/mol. The molecule has 4 saturated carbocycles. The summed E-state index contributed by atoms with van der Waals surface area (Å²) >= 11 is 0. The van der Waals surface area contributed by atoms with Crippen LogP contribution >= 0.6 is 0 Å². The second kappa shape index (κ2) is 20.2. The Morgan fingerprint density at radius 2 is 1.36 bits per heavy atom. The van der Waals surface area contributed by atoms with Crippen LogP contribution in [0.15, 0.2) is 11.6 Å². The molecule has 0 aromatic heterocycles. The molecule has 0 amide bonds. The number of rotatable bonds is 14. The number of methoxy groups -OCH3 is 4. The van der Waals surface area contributed by atoms with Gasteiger partial charge < -0.3 is 52.1 Å². The molecular formula is C51H76O18. The van der Waals surface area contributed by atoms with Crippen LogP contribution in [-0.2, 0) is 85.7 Å². The summed E-state index contributed by atoms with van der Waals surface area (Å²) in [6, 6.07) is 0. The number of esters is 7. The zero-order valence-electron chi connectivity index (χ0n) is 43.1. The van der Waals surface area contributed by atoms with Crippen LogP contribution in [0.3, 0.4) is 0 Å². The minimum Gasteiger partial charge on any atom is -0.469 e. The normalized spacial score (nSPS) is 38.3. The van der Waals surface area contributed by atoms with Gasteiger partial charge in [-0.2, -0.15) is 0 Å². The fourth-order valence-electron chi connectivity index (χ4n) is 14.3. The second-order valence-electron chi connectivity index (χ2n) is 22.4. The van der Waals surface area contributed by atoms with Crippen molar-refractivity contribution >= 4 is 41.8 Å². The molecule has 15 atom stereocenters. The molecule has 0 aromatic carbocycles. The van der Waals surface area contributed by atoms with Crippen LogP contribution in [0.4, 0.5) is 0 Å². The molecule has 5 fully saturated rings. The van der Waals surface area contributed by atoms with Gasteiger partial charge in [0.05, 0.1) is 40.0 Å². The van der Waals surface area contributed by atoms with Gasteiger partial charge in [-0.3, -0.25) is 19.2 Å². The van der Waals surface area contributed by atoms with Gasteiger partial charge in [0.25, 0.3) is 0 Å². The van der Waals surface area contributed by atoms with Crippen molar-refractivity contribution in [2.75, 3.05) is 35.0 Å². The summed E-state index contributed by atoms with van der Waals surface area (Å²) in [7, 11) is 4.73. The summed E-state index contributed by atoms with van der Waals surface area (Å²) in [6.07, 6.45) is -2.10. The predicted molar refractivity (Wildman–Crippen MR) is 242 cm³/mol. The molecule has 2 unspecified atom stereocenters. The van der Waals surface area contributed by atoms with Crippen molar-refractivity contribution < 1.29 is 85.7 Å². The van der Waals surface area contributed by atoms with Crippen LogP contribution in [0.25, 0.3) is 0 Å². The van der Waals surface area contributed by atoms with Gasteiger partial charge in [0, 0.05) is 20.8 Å². The number of allylic oxidation sites excluding steroid dienone is 2. The molecule has 0 N–H and O–H groups in total. The highest BCUT2D eigenvalue weighted by molar-refractivity contribution is 5.80. The van der Waals surface area contributed by atoms with E-state index in [0.29, 0.717) is 12.3 Å². The number of fused-ring (bicyclic) bond motifs is 7. The van der Waals surface area contributed by atoms with Gasteiger partial charge in [-0.15, -0.1) is 0 Å². The molecule has 0 bridgehead atoms. The quantitative estimate of drug-likeness (QED) is 0.0630. The topological polar surface area (TPSA) is 221 Å². The molecule has 1 heterocycles. The minimum atomic E-state index is -2.01. The van der Waals surface area contributed by atoms with Crippen molar-refractivity contribution in [2.24, 2.45) is 50.2 Å². The van der Waals surface area contributed by atoms with Crippen molar-refractivity contribution in [3.63, 3.8) is 0 Å². The summed E-state index contributed by atoms with van der Waals surface area (Å²) in [5.74, 6) is -5.34. The van der Waals surface area contributed by atoms with Gasteiger partial charge in [-0.1, -0.05) is 60.1 Å². The summed E-state index contributed by atoms with van der Waals surface area (Å²) in [4.78, 5) is 91.0. The Hall–Kier alpha value is -4.13. The molecular weight excluding hydrogens is 901 g/mol. The Balaban J connectivity index is 1.36. The molecule has 388 valence electrons. The van der Waals surface area contributed by atoms with Gasteiger partial charge in [0.2, 0.25) is 12.4 Å². The van der Waals surface area contributed by atoms with Crippen LogP contribution < -0.4 is 0 Å². The van der Waals surface area contributed by atoms with Crippen molar-refractivity contribution in [3.8, 4) is 0 Å². The maximum absolute atomic E-state index is 13.8.